The van der Waals surface area contributed by atoms with E-state index in [1.165, 1.54) is 0 Å². The van der Waals surface area contributed by atoms with Gasteiger partial charge in [0.2, 0.25) is 0 Å². The fraction of sp³-hybridized carbons (Fsp3) is 0.533. The molecule has 9 nitrogen and oxygen atoms in total. The largest absolute Gasteiger partial charge is 0.481 e. The molecule has 9 heteroatoms. The number of aliphatic carboxylic acids is 1. The molecule has 0 saturated carbocycles. The molecule has 2 atom stereocenters. The summed E-state index contributed by atoms with van der Waals surface area (Å²) in [5.74, 6) is -1.33. The number of hydrogen-bond donors (Lipinski definition) is 2. The standard InChI is InChI=1S/C15H20N6O3/c1-9(2)21-7-11(4-17-21)15(24)20-6-10(3-14(22)23)12(8-20)13-5-16-19-18-13/h4-5,7,9-10,12H,3,6,8H2,1-2H3,(H,22,23)(H,16,18,19)/t10-,12+/m1/s1. The molecule has 1 amide bonds. The molecule has 1 aliphatic heterocycles. The highest BCUT2D eigenvalue weighted by molar-refractivity contribution is 5.94. The first-order chi connectivity index (χ1) is 11.5. The van der Waals surface area contributed by atoms with Crippen LogP contribution in [-0.2, 0) is 4.79 Å². The van der Waals surface area contributed by atoms with E-state index in [0.717, 1.165) is 0 Å². The summed E-state index contributed by atoms with van der Waals surface area (Å²) < 4.78 is 1.73. The predicted molar refractivity (Wildman–Crippen MR) is 83.4 cm³/mol. The fourth-order valence-electron chi connectivity index (χ4n) is 3.11. The van der Waals surface area contributed by atoms with Crippen molar-refractivity contribution in [3.63, 3.8) is 0 Å². The van der Waals surface area contributed by atoms with E-state index < -0.39 is 5.97 Å². The lowest BCUT2D eigenvalue weighted by molar-refractivity contribution is -0.138. The molecule has 1 aliphatic rings. The van der Waals surface area contributed by atoms with E-state index in [9.17, 15) is 9.59 Å². The summed E-state index contributed by atoms with van der Waals surface area (Å²) in [4.78, 5) is 25.5. The van der Waals surface area contributed by atoms with Crippen molar-refractivity contribution in [3.05, 3.63) is 29.8 Å². The molecule has 2 N–H and O–H groups in total. The number of nitrogens with one attached hydrogen (secondary N) is 1. The van der Waals surface area contributed by atoms with E-state index >= 15 is 0 Å². The Labute approximate surface area is 138 Å². The number of nitrogens with zero attached hydrogens (tertiary/aromatic N) is 5. The summed E-state index contributed by atoms with van der Waals surface area (Å²) in [5.41, 5.74) is 1.20. The number of aromatic amines is 1. The zero-order valence-corrected chi connectivity index (χ0v) is 13.6. The molecule has 0 unspecified atom stereocenters. The molecule has 2 aromatic rings. The van der Waals surface area contributed by atoms with E-state index in [1.807, 2.05) is 13.8 Å². The van der Waals surface area contributed by atoms with Gasteiger partial charge in [0.15, 0.2) is 0 Å². The Balaban J connectivity index is 1.78. The molecule has 24 heavy (non-hydrogen) atoms. The topological polar surface area (TPSA) is 117 Å². The van der Waals surface area contributed by atoms with Crippen LogP contribution in [0.4, 0.5) is 0 Å². The van der Waals surface area contributed by atoms with Gasteiger partial charge in [-0.05, 0) is 19.8 Å². The number of hydrogen-bond acceptors (Lipinski definition) is 5. The van der Waals surface area contributed by atoms with Crippen molar-refractivity contribution in [2.45, 2.75) is 32.2 Å². The number of carboxylic acid groups (broad SMARTS) is 1. The number of carbonyl (C=O) groups excluding carboxylic acids is 1. The van der Waals surface area contributed by atoms with Gasteiger partial charge in [0, 0.05) is 31.2 Å². The first-order valence-corrected chi connectivity index (χ1v) is 7.86. The zero-order chi connectivity index (χ0) is 17.3. The maximum Gasteiger partial charge on any atom is 0.303 e. The van der Waals surface area contributed by atoms with Crippen molar-refractivity contribution < 1.29 is 14.7 Å². The molecular weight excluding hydrogens is 312 g/mol. The maximum absolute atomic E-state index is 12.7. The maximum atomic E-state index is 12.7. The van der Waals surface area contributed by atoms with Crippen LogP contribution in [0.15, 0.2) is 18.6 Å². The Bertz CT molecular complexity index is 723. The van der Waals surface area contributed by atoms with Crippen molar-refractivity contribution in [2.75, 3.05) is 13.1 Å². The highest BCUT2D eigenvalue weighted by Gasteiger charge is 2.39. The second-order valence-corrected chi connectivity index (χ2v) is 6.37. The van der Waals surface area contributed by atoms with Crippen LogP contribution in [0.3, 0.4) is 0 Å². The third kappa shape index (κ3) is 3.15. The Kier molecular flexibility index (Phi) is 4.32. The Morgan fingerprint density at radius 1 is 1.38 bits per heavy atom. The molecular formula is C15H20N6O3. The van der Waals surface area contributed by atoms with Crippen molar-refractivity contribution >= 4 is 11.9 Å². The summed E-state index contributed by atoms with van der Waals surface area (Å²) in [5, 5.41) is 23.7. The molecule has 0 aliphatic carbocycles. The zero-order valence-electron chi connectivity index (χ0n) is 13.6. The minimum atomic E-state index is -0.879. The van der Waals surface area contributed by atoms with Gasteiger partial charge in [-0.15, -0.1) is 0 Å². The summed E-state index contributed by atoms with van der Waals surface area (Å²) in [6.07, 6.45) is 4.86. The number of H-pyrrole nitrogens is 1. The summed E-state index contributed by atoms with van der Waals surface area (Å²) in [6.45, 7) is 4.78. The number of carbonyl (C=O) groups is 2. The second kappa shape index (κ2) is 6.42. The molecule has 3 heterocycles. The van der Waals surface area contributed by atoms with Gasteiger partial charge >= 0.3 is 5.97 Å². The third-order valence-electron chi connectivity index (χ3n) is 4.36. The average Bonchev–Trinajstić information content (AvgIpc) is 3.26. The van der Waals surface area contributed by atoms with Crippen molar-refractivity contribution in [3.8, 4) is 0 Å². The average molecular weight is 332 g/mol. The summed E-state index contributed by atoms with van der Waals surface area (Å²) in [7, 11) is 0. The number of rotatable bonds is 5. The number of likely N-dealkylation sites (tertiary alicyclic amines) is 1. The normalized spacial score (nSPS) is 20.7. The van der Waals surface area contributed by atoms with Crippen LogP contribution in [0.25, 0.3) is 0 Å². The van der Waals surface area contributed by atoms with Crippen molar-refractivity contribution in [2.24, 2.45) is 5.92 Å². The first-order valence-electron chi connectivity index (χ1n) is 7.86. The van der Waals surface area contributed by atoms with Gasteiger partial charge in [-0.2, -0.15) is 20.5 Å². The monoisotopic (exact) mass is 332 g/mol. The lowest BCUT2D eigenvalue weighted by Gasteiger charge is -2.14. The van der Waals surface area contributed by atoms with Crippen molar-refractivity contribution in [1.29, 1.82) is 0 Å². The highest BCUT2D eigenvalue weighted by Crippen LogP contribution is 2.34. The van der Waals surface area contributed by atoms with E-state index in [2.05, 4.69) is 20.5 Å². The SMILES string of the molecule is CC(C)n1cc(C(=O)N2C[C@@H](CC(=O)O)[C@@H](c3cn[nH]n3)C2)cn1. The van der Waals surface area contributed by atoms with Gasteiger partial charge < -0.3 is 10.0 Å². The molecule has 3 rings (SSSR count). The minimum absolute atomic E-state index is 0.00738. The fourth-order valence-corrected chi connectivity index (χ4v) is 3.11. The van der Waals surface area contributed by atoms with E-state index in [-0.39, 0.29) is 30.2 Å². The van der Waals surface area contributed by atoms with Crippen LogP contribution in [-0.4, -0.2) is 60.2 Å². The van der Waals surface area contributed by atoms with Crippen LogP contribution in [0, 0.1) is 5.92 Å². The predicted octanol–water partition coefficient (Wildman–Crippen LogP) is 0.913. The molecule has 128 valence electrons. The molecule has 0 aromatic carbocycles. The van der Waals surface area contributed by atoms with Gasteiger partial charge in [-0.25, -0.2) is 0 Å². The summed E-state index contributed by atoms with van der Waals surface area (Å²) in [6, 6.07) is 0.174. The minimum Gasteiger partial charge on any atom is -0.481 e. The van der Waals surface area contributed by atoms with Gasteiger partial charge in [-0.3, -0.25) is 14.3 Å². The molecule has 2 aromatic heterocycles. The molecule has 1 saturated heterocycles. The Morgan fingerprint density at radius 3 is 2.75 bits per heavy atom. The molecule has 0 radical (unpaired) electrons. The van der Waals surface area contributed by atoms with Gasteiger partial charge in [0.25, 0.3) is 5.91 Å². The Morgan fingerprint density at radius 2 is 2.17 bits per heavy atom. The third-order valence-corrected chi connectivity index (χ3v) is 4.36. The van der Waals surface area contributed by atoms with E-state index in [1.54, 1.807) is 28.2 Å². The van der Waals surface area contributed by atoms with E-state index in [4.69, 9.17) is 5.11 Å². The summed E-state index contributed by atoms with van der Waals surface area (Å²) >= 11 is 0. The van der Waals surface area contributed by atoms with Crippen LogP contribution in [0.1, 0.15) is 48.3 Å². The highest BCUT2D eigenvalue weighted by atomic mass is 16.4. The van der Waals surface area contributed by atoms with Crippen LogP contribution in [0.5, 0.6) is 0 Å². The van der Waals surface area contributed by atoms with Crippen molar-refractivity contribution in [1.82, 2.24) is 30.1 Å². The van der Waals surface area contributed by atoms with Crippen LogP contribution in [0.2, 0.25) is 0 Å². The quantitative estimate of drug-likeness (QED) is 0.840. The van der Waals surface area contributed by atoms with Crippen LogP contribution >= 0.6 is 0 Å². The van der Waals surface area contributed by atoms with Gasteiger partial charge in [0.05, 0.1) is 30.1 Å². The van der Waals surface area contributed by atoms with E-state index in [0.29, 0.717) is 24.3 Å². The van der Waals surface area contributed by atoms with Gasteiger partial charge in [-0.1, -0.05) is 0 Å². The molecule has 0 bridgehead atoms. The number of carboxylic acids is 1. The Hall–Kier alpha value is -2.71. The number of aromatic nitrogens is 5. The van der Waals surface area contributed by atoms with Crippen LogP contribution < -0.4 is 0 Å². The first kappa shape index (κ1) is 16.2. The lowest BCUT2D eigenvalue weighted by Crippen LogP contribution is -2.29. The second-order valence-electron chi connectivity index (χ2n) is 6.37. The molecule has 0 spiro atoms. The number of amides is 1. The van der Waals surface area contributed by atoms with Gasteiger partial charge in [0.1, 0.15) is 0 Å². The smallest absolute Gasteiger partial charge is 0.303 e. The molecule has 1 fully saturated rings. The lowest BCUT2D eigenvalue weighted by atomic mass is 9.91.